The van der Waals surface area contributed by atoms with Gasteiger partial charge in [-0.3, -0.25) is 19.7 Å². The Morgan fingerprint density at radius 2 is 1.74 bits per heavy atom. The quantitative estimate of drug-likeness (QED) is 0.519. The molecule has 0 aliphatic carbocycles. The molecule has 0 amide bonds. The van der Waals surface area contributed by atoms with Gasteiger partial charge in [-0.15, -0.1) is 0 Å². The number of non-ortho nitro benzene ring substituents is 1. The Bertz CT molecular complexity index is 867. The number of nitro benzene ring substituents is 1. The maximum atomic E-state index is 11.2. The van der Waals surface area contributed by atoms with E-state index in [-0.39, 0.29) is 11.7 Å². The third-order valence-corrected chi connectivity index (χ3v) is 4.72. The first-order valence-corrected chi connectivity index (χ1v) is 10.2. The lowest BCUT2D eigenvalue weighted by molar-refractivity contribution is -0.384. The molecule has 0 aliphatic rings. The summed E-state index contributed by atoms with van der Waals surface area (Å²) in [7, 11) is -1.34. The molecule has 0 fully saturated rings. The van der Waals surface area contributed by atoms with Crippen LogP contribution in [0, 0.1) is 10.1 Å². The van der Waals surface area contributed by atoms with E-state index in [1.54, 1.807) is 36.4 Å². The monoisotopic (exact) mass is 393 g/mol. The molecule has 2 rings (SSSR count). The Morgan fingerprint density at radius 3 is 2.26 bits per heavy atom. The van der Waals surface area contributed by atoms with Gasteiger partial charge in [-0.25, -0.2) is 8.42 Å². The summed E-state index contributed by atoms with van der Waals surface area (Å²) >= 11 is 0. The molecule has 0 aromatic heterocycles. The molecule has 1 atom stereocenters. The third kappa shape index (κ3) is 6.54. The first-order valence-electron chi connectivity index (χ1n) is 8.31. The number of hydrogen-bond donors (Lipinski definition) is 1. The fourth-order valence-electron chi connectivity index (χ4n) is 2.46. The van der Waals surface area contributed by atoms with Crippen LogP contribution in [0.4, 0.5) is 11.4 Å². The number of rotatable bonds is 9. The third-order valence-electron chi connectivity index (χ3n) is 4.12. The minimum Gasteiger partial charge on any atom is -0.492 e. The zero-order valence-corrected chi connectivity index (χ0v) is 16.3. The summed E-state index contributed by atoms with van der Waals surface area (Å²) in [6, 6.07) is 13.3. The van der Waals surface area contributed by atoms with Crippen LogP contribution in [0.2, 0.25) is 0 Å². The van der Waals surface area contributed by atoms with Gasteiger partial charge in [0, 0.05) is 30.4 Å². The minimum absolute atomic E-state index is 0.0748. The first kappa shape index (κ1) is 20.7. The highest BCUT2D eigenvalue weighted by atomic mass is 32.2. The van der Waals surface area contributed by atoms with Crippen molar-refractivity contribution in [3.05, 3.63) is 64.2 Å². The van der Waals surface area contributed by atoms with Crippen molar-refractivity contribution in [2.75, 3.05) is 31.2 Å². The van der Waals surface area contributed by atoms with Crippen LogP contribution in [0.1, 0.15) is 18.5 Å². The second-order valence-corrected chi connectivity index (χ2v) is 8.00. The Balaban J connectivity index is 1.84. The van der Waals surface area contributed by atoms with Gasteiger partial charge in [0.15, 0.2) is 0 Å². The van der Waals surface area contributed by atoms with Crippen LogP contribution >= 0.6 is 0 Å². The van der Waals surface area contributed by atoms with Crippen molar-refractivity contribution >= 4 is 21.4 Å². The SMILES string of the molecule is CC(c1ccc([N+](=O)[O-])cc1)N(C)CCOc1ccc(NS(C)(=O)=O)cc1. The van der Waals surface area contributed by atoms with Crippen molar-refractivity contribution in [2.45, 2.75) is 13.0 Å². The summed E-state index contributed by atoms with van der Waals surface area (Å²) in [5, 5.41) is 10.7. The molecule has 1 unspecified atom stereocenters. The van der Waals surface area contributed by atoms with Crippen LogP contribution < -0.4 is 9.46 Å². The maximum absolute atomic E-state index is 11.2. The van der Waals surface area contributed by atoms with Gasteiger partial charge in [-0.2, -0.15) is 0 Å². The van der Waals surface area contributed by atoms with Crippen molar-refractivity contribution in [2.24, 2.45) is 0 Å². The minimum atomic E-state index is -3.30. The number of anilines is 1. The lowest BCUT2D eigenvalue weighted by Gasteiger charge is -2.25. The van der Waals surface area contributed by atoms with Crippen molar-refractivity contribution in [3.8, 4) is 5.75 Å². The van der Waals surface area contributed by atoms with Crippen molar-refractivity contribution in [3.63, 3.8) is 0 Å². The Kier molecular flexibility index (Phi) is 6.75. The maximum Gasteiger partial charge on any atom is 0.269 e. The molecule has 0 saturated carbocycles. The second-order valence-electron chi connectivity index (χ2n) is 6.25. The Morgan fingerprint density at radius 1 is 1.15 bits per heavy atom. The number of nitrogens with one attached hydrogen (secondary N) is 1. The number of sulfonamides is 1. The first-order chi connectivity index (χ1) is 12.7. The lowest BCUT2D eigenvalue weighted by Crippen LogP contribution is -2.27. The van der Waals surface area contributed by atoms with Gasteiger partial charge in [0.2, 0.25) is 10.0 Å². The van der Waals surface area contributed by atoms with E-state index in [0.717, 1.165) is 11.8 Å². The van der Waals surface area contributed by atoms with E-state index < -0.39 is 14.9 Å². The van der Waals surface area contributed by atoms with E-state index in [4.69, 9.17) is 4.74 Å². The van der Waals surface area contributed by atoms with Gasteiger partial charge < -0.3 is 4.74 Å². The Hall–Kier alpha value is -2.65. The molecule has 0 heterocycles. The summed E-state index contributed by atoms with van der Waals surface area (Å²) in [5.74, 6) is 0.644. The van der Waals surface area contributed by atoms with Crippen LogP contribution in [0.15, 0.2) is 48.5 Å². The molecular weight excluding hydrogens is 370 g/mol. The molecule has 0 aliphatic heterocycles. The molecule has 1 N–H and O–H groups in total. The zero-order chi connectivity index (χ0) is 20.0. The number of likely N-dealkylation sites (N-methyl/N-ethyl adjacent to an activating group) is 1. The summed E-state index contributed by atoms with van der Waals surface area (Å²) in [6.45, 7) is 3.13. The average Bonchev–Trinajstić information content (AvgIpc) is 2.61. The number of nitro groups is 1. The molecule has 0 radical (unpaired) electrons. The van der Waals surface area contributed by atoms with Gasteiger partial charge in [0.05, 0.1) is 11.2 Å². The highest BCUT2D eigenvalue weighted by Crippen LogP contribution is 2.22. The molecule has 146 valence electrons. The van der Waals surface area contributed by atoms with Crippen LogP contribution in [-0.2, 0) is 10.0 Å². The number of hydrogen-bond acceptors (Lipinski definition) is 6. The van der Waals surface area contributed by atoms with E-state index in [1.807, 2.05) is 14.0 Å². The molecule has 9 heteroatoms. The van der Waals surface area contributed by atoms with E-state index in [2.05, 4.69) is 9.62 Å². The summed E-state index contributed by atoms with van der Waals surface area (Å²) in [4.78, 5) is 12.4. The molecule has 2 aromatic rings. The number of benzene rings is 2. The van der Waals surface area contributed by atoms with Gasteiger partial charge in [0.25, 0.3) is 5.69 Å². The number of ether oxygens (including phenoxy) is 1. The number of nitrogens with zero attached hydrogens (tertiary/aromatic N) is 2. The van der Waals surface area contributed by atoms with Crippen LogP contribution in [0.3, 0.4) is 0 Å². The van der Waals surface area contributed by atoms with Crippen LogP contribution in [0.5, 0.6) is 5.75 Å². The molecule has 2 aromatic carbocycles. The van der Waals surface area contributed by atoms with Crippen LogP contribution in [-0.4, -0.2) is 44.7 Å². The standard InChI is InChI=1S/C18H23N3O5S/c1-14(15-4-8-17(9-5-15)21(22)23)20(2)12-13-26-18-10-6-16(7-11-18)19-27(3,24)25/h4-11,14,19H,12-13H2,1-3H3. The normalized spacial score (nSPS) is 12.6. The lowest BCUT2D eigenvalue weighted by atomic mass is 10.1. The molecule has 0 bridgehead atoms. The molecule has 8 nitrogen and oxygen atoms in total. The van der Waals surface area contributed by atoms with Gasteiger partial charge in [-0.05, 0) is 43.8 Å². The van der Waals surface area contributed by atoms with E-state index in [0.29, 0.717) is 24.6 Å². The average molecular weight is 393 g/mol. The van der Waals surface area contributed by atoms with Crippen molar-refractivity contribution in [1.29, 1.82) is 0 Å². The summed E-state index contributed by atoms with van der Waals surface area (Å²) < 4.78 is 30.5. The summed E-state index contributed by atoms with van der Waals surface area (Å²) in [6.07, 6.45) is 1.10. The fourth-order valence-corrected chi connectivity index (χ4v) is 3.03. The van der Waals surface area contributed by atoms with Gasteiger partial charge >= 0.3 is 0 Å². The largest absolute Gasteiger partial charge is 0.492 e. The van der Waals surface area contributed by atoms with Gasteiger partial charge in [-0.1, -0.05) is 12.1 Å². The molecule has 27 heavy (non-hydrogen) atoms. The van der Waals surface area contributed by atoms with E-state index in [9.17, 15) is 18.5 Å². The Labute approximate surface area is 159 Å². The molecule has 0 spiro atoms. The van der Waals surface area contributed by atoms with Crippen molar-refractivity contribution < 1.29 is 18.1 Å². The smallest absolute Gasteiger partial charge is 0.269 e. The van der Waals surface area contributed by atoms with Crippen molar-refractivity contribution in [1.82, 2.24) is 4.90 Å². The second kappa shape index (κ2) is 8.83. The van der Waals surface area contributed by atoms with E-state index >= 15 is 0 Å². The van der Waals surface area contributed by atoms with Gasteiger partial charge in [0.1, 0.15) is 12.4 Å². The van der Waals surface area contributed by atoms with Crippen LogP contribution in [0.25, 0.3) is 0 Å². The molecule has 0 saturated heterocycles. The summed E-state index contributed by atoms with van der Waals surface area (Å²) in [5.41, 5.74) is 1.54. The topological polar surface area (TPSA) is 102 Å². The zero-order valence-electron chi connectivity index (χ0n) is 15.5. The predicted molar refractivity (Wildman–Crippen MR) is 105 cm³/mol. The van der Waals surface area contributed by atoms with E-state index in [1.165, 1.54) is 12.1 Å². The highest BCUT2D eigenvalue weighted by molar-refractivity contribution is 7.92. The molecular formula is C18H23N3O5S. The fraction of sp³-hybridized carbons (Fsp3) is 0.333. The highest BCUT2D eigenvalue weighted by Gasteiger charge is 2.13. The predicted octanol–water partition coefficient (Wildman–Crippen LogP) is 3.04.